The van der Waals surface area contributed by atoms with Crippen LogP contribution >= 0.6 is 0 Å². The molecule has 0 aromatic carbocycles. The van der Waals surface area contributed by atoms with Gasteiger partial charge in [0.05, 0.1) is 6.04 Å². The number of aryl methyl sites for hydroxylation is 2. The Hall–Kier alpha value is -2.71. The van der Waals surface area contributed by atoms with Crippen molar-refractivity contribution in [1.29, 1.82) is 0 Å². The van der Waals surface area contributed by atoms with Gasteiger partial charge in [0.2, 0.25) is 5.91 Å². The molecule has 2 aromatic rings. The average molecular weight is 344 g/mol. The Kier molecular flexibility index (Phi) is 3.78. The van der Waals surface area contributed by atoms with Crippen molar-refractivity contribution < 1.29 is 14.3 Å². The second-order valence-electron chi connectivity index (χ2n) is 6.50. The van der Waals surface area contributed by atoms with Crippen LogP contribution in [0, 0.1) is 13.8 Å². The molecule has 2 aromatic heterocycles. The van der Waals surface area contributed by atoms with Gasteiger partial charge >= 0.3 is 6.09 Å². The van der Waals surface area contributed by atoms with E-state index >= 15 is 0 Å². The first-order valence-corrected chi connectivity index (χ1v) is 8.41. The summed E-state index contributed by atoms with van der Waals surface area (Å²) in [6.45, 7) is 5.91. The van der Waals surface area contributed by atoms with Crippen LogP contribution in [0.4, 0.5) is 4.79 Å². The van der Waals surface area contributed by atoms with E-state index in [-0.39, 0.29) is 18.0 Å². The summed E-state index contributed by atoms with van der Waals surface area (Å²) in [4.78, 5) is 36.2. The number of fused-ring (bicyclic) bond motifs is 2. The van der Waals surface area contributed by atoms with Crippen molar-refractivity contribution in [3.8, 4) is 0 Å². The third kappa shape index (κ3) is 2.69. The van der Waals surface area contributed by atoms with E-state index in [1.807, 2.05) is 18.7 Å². The van der Waals surface area contributed by atoms with Crippen molar-refractivity contribution >= 4 is 17.8 Å². The standard InChI is InChI=1S/C16H20N6O3/c1-10-13(11(2)22-15(19-10)17-9-18-22)3-4-14(23)20-5-6-21-12(7-20)8-25-16(21)24/h9,12H,3-8H2,1-2H3. The Balaban J connectivity index is 1.43. The summed E-state index contributed by atoms with van der Waals surface area (Å²) in [6, 6.07) is -0.0122. The van der Waals surface area contributed by atoms with Crippen LogP contribution in [0.1, 0.15) is 23.4 Å². The summed E-state index contributed by atoms with van der Waals surface area (Å²) in [5.41, 5.74) is 2.88. The number of nitrogens with zero attached hydrogens (tertiary/aromatic N) is 6. The van der Waals surface area contributed by atoms with Gasteiger partial charge in [0.1, 0.15) is 12.9 Å². The number of hydrogen-bond donors (Lipinski definition) is 0. The Morgan fingerprint density at radius 2 is 2.20 bits per heavy atom. The quantitative estimate of drug-likeness (QED) is 0.797. The molecule has 0 aliphatic carbocycles. The largest absolute Gasteiger partial charge is 0.447 e. The zero-order chi connectivity index (χ0) is 17.6. The predicted octanol–water partition coefficient (Wildman–Crippen LogP) is 0.337. The van der Waals surface area contributed by atoms with Gasteiger partial charge in [0.15, 0.2) is 0 Å². The molecule has 9 nitrogen and oxygen atoms in total. The number of carbonyl (C=O) groups excluding carboxylic acids is 2. The molecule has 0 N–H and O–H groups in total. The van der Waals surface area contributed by atoms with Crippen molar-refractivity contribution in [1.82, 2.24) is 29.4 Å². The Bertz CT molecular complexity index is 848. The van der Waals surface area contributed by atoms with Crippen molar-refractivity contribution in [2.45, 2.75) is 32.7 Å². The van der Waals surface area contributed by atoms with Gasteiger partial charge in [-0.2, -0.15) is 10.1 Å². The van der Waals surface area contributed by atoms with Crippen molar-refractivity contribution in [3.05, 3.63) is 23.3 Å². The Labute approximate surface area is 144 Å². The molecule has 132 valence electrons. The fourth-order valence-electron chi connectivity index (χ4n) is 3.62. The highest BCUT2D eigenvalue weighted by Gasteiger charge is 2.38. The molecule has 1 atom stereocenters. The maximum absolute atomic E-state index is 12.6. The first kappa shape index (κ1) is 15.8. The minimum Gasteiger partial charge on any atom is -0.447 e. The number of hydrogen-bond acceptors (Lipinski definition) is 6. The second kappa shape index (κ2) is 5.98. The summed E-state index contributed by atoms with van der Waals surface area (Å²) < 4.78 is 6.75. The third-order valence-corrected chi connectivity index (χ3v) is 5.05. The van der Waals surface area contributed by atoms with E-state index in [0.29, 0.717) is 44.9 Å². The maximum atomic E-state index is 12.6. The summed E-state index contributed by atoms with van der Waals surface area (Å²) in [7, 11) is 0. The highest BCUT2D eigenvalue weighted by atomic mass is 16.6. The van der Waals surface area contributed by atoms with E-state index in [4.69, 9.17) is 4.74 Å². The molecule has 9 heteroatoms. The van der Waals surface area contributed by atoms with Gasteiger partial charge in [-0.3, -0.25) is 9.69 Å². The fourth-order valence-corrected chi connectivity index (χ4v) is 3.62. The monoisotopic (exact) mass is 344 g/mol. The molecule has 2 saturated heterocycles. The topological polar surface area (TPSA) is 92.9 Å². The first-order chi connectivity index (χ1) is 12.0. The smallest absolute Gasteiger partial charge is 0.410 e. The second-order valence-corrected chi connectivity index (χ2v) is 6.50. The lowest BCUT2D eigenvalue weighted by Gasteiger charge is -2.35. The van der Waals surface area contributed by atoms with Gasteiger partial charge in [-0.05, 0) is 25.8 Å². The maximum Gasteiger partial charge on any atom is 0.410 e. The van der Waals surface area contributed by atoms with Crippen molar-refractivity contribution in [2.24, 2.45) is 0 Å². The Morgan fingerprint density at radius 3 is 3.04 bits per heavy atom. The molecule has 1 unspecified atom stereocenters. The number of amides is 2. The minimum atomic E-state index is -0.268. The van der Waals surface area contributed by atoms with Gasteiger partial charge < -0.3 is 9.64 Å². The molecular formula is C16H20N6O3. The lowest BCUT2D eigenvalue weighted by molar-refractivity contribution is -0.133. The first-order valence-electron chi connectivity index (χ1n) is 8.41. The van der Waals surface area contributed by atoms with E-state index in [1.54, 1.807) is 9.42 Å². The van der Waals surface area contributed by atoms with E-state index in [9.17, 15) is 9.59 Å². The fraction of sp³-hybridized carbons (Fsp3) is 0.562. The van der Waals surface area contributed by atoms with Gasteiger partial charge in [0, 0.05) is 37.4 Å². The average Bonchev–Trinajstić information content (AvgIpc) is 3.21. The lowest BCUT2D eigenvalue weighted by Crippen LogP contribution is -2.53. The molecule has 0 bridgehead atoms. The number of carbonyl (C=O) groups is 2. The molecule has 0 spiro atoms. The molecule has 0 saturated carbocycles. The summed E-state index contributed by atoms with van der Waals surface area (Å²) in [5, 5.41) is 4.18. The van der Waals surface area contributed by atoms with Gasteiger partial charge in [0.25, 0.3) is 5.78 Å². The van der Waals surface area contributed by atoms with Crippen LogP contribution in [0.15, 0.2) is 6.33 Å². The Morgan fingerprint density at radius 1 is 1.36 bits per heavy atom. The predicted molar refractivity (Wildman–Crippen MR) is 87.0 cm³/mol. The van der Waals surface area contributed by atoms with Gasteiger partial charge in [-0.15, -0.1) is 0 Å². The van der Waals surface area contributed by atoms with Crippen LogP contribution < -0.4 is 0 Å². The van der Waals surface area contributed by atoms with E-state index in [1.165, 1.54) is 6.33 Å². The van der Waals surface area contributed by atoms with Gasteiger partial charge in [-0.25, -0.2) is 14.3 Å². The van der Waals surface area contributed by atoms with E-state index < -0.39 is 0 Å². The van der Waals surface area contributed by atoms with Crippen molar-refractivity contribution in [3.63, 3.8) is 0 Å². The summed E-state index contributed by atoms with van der Waals surface area (Å²) in [6.07, 6.45) is 2.23. The molecule has 4 heterocycles. The molecular weight excluding hydrogens is 324 g/mol. The van der Waals surface area contributed by atoms with Crippen LogP contribution in [0.5, 0.6) is 0 Å². The van der Waals surface area contributed by atoms with Crippen LogP contribution in [-0.2, 0) is 16.0 Å². The summed E-state index contributed by atoms with van der Waals surface area (Å²) in [5.74, 6) is 0.670. The number of rotatable bonds is 3. The normalized spacial score (nSPS) is 20.1. The van der Waals surface area contributed by atoms with E-state index in [0.717, 1.165) is 17.0 Å². The lowest BCUT2D eigenvalue weighted by atomic mass is 10.1. The minimum absolute atomic E-state index is 0.0122. The molecule has 0 radical (unpaired) electrons. The highest BCUT2D eigenvalue weighted by molar-refractivity contribution is 5.77. The highest BCUT2D eigenvalue weighted by Crippen LogP contribution is 2.20. The molecule has 25 heavy (non-hydrogen) atoms. The SMILES string of the molecule is Cc1nc2ncnn2c(C)c1CCC(=O)N1CCN2C(=O)OCC2C1. The van der Waals surface area contributed by atoms with E-state index in [2.05, 4.69) is 15.1 Å². The zero-order valence-corrected chi connectivity index (χ0v) is 14.3. The van der Waals surface area contributed by atoms with Crippen molar-refractivity contribution in [2.75, 3.05) is 26.2 Å². The van der Waals surface area contributed by atoms with Gasteiger partial charge in [-0.1, -0.05) is 0 Å². The number of ether oxygens (including phenoxy) is 1. The number of aromatic nitrogens is 4. The third-order valence-electron chi connectivity index (χ3n) is 5.05. The van der Waals surface area contributed by atoms with Crippen LogP contribution in [0.2, 0.25) is 0 Å². The van der Waals surface area contributed by atoms with Crippen LogP contribution in [0.3, 0.4) is 0 Å². The van der Waals surface area contributed by atoms with Crippen LogP contribution in [0.25, 0.3) is 5.78 Å². The summed E-state index contributed by atoms with van der Waals surface area (Å²) >= 11 is 0. The molecule has 2 amide bonds. The molecule has 4 rings (SSSR count). The zero-order valence-electron chi connectivity index (χ0n) is 14.3. The molecule has 2 aliphatic rings. The molecule has 2 fully saturated rings. The van der Waals surface area contributed by atoms with Crippen LogP contribution in [-0.4, -0.2) is 73.7 Å². The number of cyclic esters (lactones) is 1. The molecule has 2 aliphatic heterocycles. The number of piperazine rings is 1.